The van der Waals surface area contributed by atoms with E-state index in [1.165, 1.54) is 0 Å². The molecule has 0 unspecified atom stereocenters. The van der Waals surface area contributed by atoms with E-state index in [0.29, 0.717) is 16.3 Å². The number of hydrazone groups is 1. The first kappa shape index (κ1) is 17.4. The fourth-order valence-corrected chi connectivity index (χ4v) is 3.42. The summed E-state index contributed by atoms with van der Waals surface area (Å²) in [6.07, 6.45) is 1.63. The monoisotopic (exact) mass is 391 g/mol. The van der Waals surface area contributed by atoms with E-state index in [4.69, 9.17) is 11.6 Å². The molecule has 27 heavy (non-hydrogen) atoms. The minimum atomic E-state index is -0.281. The molecule has 1 N–H and O–H groups in total. The third kappa shape index (κ3) is 3.89. The summed E-state index contributed by atoms with van der Waals surface area (Å²) in [7, 11) is 0. The van der Waals surface area contributed by atoms with Crippen molar-refractivity contribution in [2.24, 2.45) is 5.10 Å². The van der Waals surface area contributed by atoms with Gasteiger partial charge in [0.05, 0.1) is 23.0 Å². The normalized spacial score (nSPS) is 11.1. The van der Waals surface area contributed by atoms with Crippen LogP contribution in [0.2, 0.25) is 5.02 Å². The van der Waals surface area contributed by atoms with Gasteiger partial charge in [-0.3, -0.25) is 4.79 Å². The first-order chi connectivity index (χ1) is 13.2. The van der Waals surface area contributed by atoms with Crippen LogP contribution in [0.25, 0.3) is 22.2 Å². The highest BCUT2D eigenvalue weighted by Gasteiger charge is 2.13. The molecular weight excluding hydrogens is 378 g/mol. The number of rotatable bonds is 4. The SMILES string of the molecule is O=C(N/N=C\c1cccs1)c1cc(-c2ccc(Cl)cc2)nc2ccccc12. The second kappa shape index (κ2) is 7.70. The predicted molar refractivity (Wildman–Crippen MR) is 112 cm³/mol. The van der Waals surface area contributed by atoms with Crippen molar-refractivity contribution < 1.29 is 4.79 Å². The Kier molecular flexibility index (Phi) is 4.96. The van der Waals surface area contributed by atoms with Gasteiger partial charge in [0, 0.05) is 20.8 Å². The third-order valence-electron chi connectivity index (χ3n) is 4.00. The summed E-state index contributed by atoms with van der Waals surface area (Å²) in [5, 5.41) is 7.45. The third-order valence-corrected chi connectivity index (χ3v) is 5.06. The van der Waals surface area contributed by atoms with Crippen LogP contribution < -0.4 is 5.43 Å². The Morgan fingerprint density at radius 3 is 2.67 bits per heavy atom. The quantitative estimate of drug-likeness (QED) is 0.375. The molecule has 4 rings (SSSR count). The van der Waals surface area contributed by atoms with Crippen molar-refractivity contribution >= 4 is 46.0 Å². The van der Waals surface area contributed by atoms with Crippen LogP contribution in [0.1, 0.15) is 15.2 Å². The van der Waals surface area contributed by atoms with E-state index in [0.717, 1.165) is 21.3 Å². The molecule has 0 aliphatic rings. The summed E-state index contributed by atoms with van der Waals surface area (Å²) < 4.78 is 0. The second-order valence-corrected chi connectivity index (χ2v) is 7.21. The van der Waals surface area contributed by atoms with Gasteiger partial charge >= 0.3 is 0 Å². The number of halogens is 1. The molecule has 2 aromatic carbocycles. The average Bonchev–Trinajstić information content (AvgIpc) is 3.21. The number of carbonyl (C=O) groups is 1. The number of benzene rings is 2. The molecule has 2 heterocycles. The number of thiophene rings is 1. The van der Waals surface area contributed by atoms with Crippen molar-refractivity contribution in [3.63, 3.8) is 0 Å². The van der Waals surface area contributed by atoms with Crippen molar-refractivity contribution in [1.82, 2.24) is 10.4 Å². The minimum Gasteiger partial charge on any atom is -0.267 e. The van der Waals surface area contributed by atoms with Gasteiger partial charge in [0.1, 0.15) is 0 Å². The van der Waals surface area contributed by atoms with Gasteiger partial charge in [-0.1, -0.05) is 48.0 Å². The summed E-state index contributed by atoms with van der Waals surface area (Å²) in [4.78, 5) is 18.4. The molecule has 2 aromatic heterocycles. The van der Waals surface area contributed by atoms with Crippen LogP contribution in [0.5, 0.6) is 0 Å². The van der Waals surface area contributed by atoms with Crippen molar-refractivity contribution in [1.29, 1.82) is 0 Å². The number of para-hydroxylation sites is 1. The second-order valence-electron chi connectivity index (χ2n) is 5.79. The van der Waals surface area contributed by atoms with Crippen molar-refractivity contribution in [3.05, 3.63) is 87.6 Å². The summed E-state index contributed by atoms with van der Waals surface area (Å²) in [5.41, 5.74) is 5.47. The number of hydrogen-bond donors (Lipinski definition) is 1. The van der Waals surface area contributed by atoms with Gasteiger partial charge in [0.2, 0.25) is 0 Å². The predicted octanol–water partition coefficient (Wildman–Crippen LogP) is 5.38. The Balaban J connectivity index is 1.71. The lowest BCUT2D eigenvalue weighted by atomic mass is 10.0. The van der Waals surface area contributed by atoms with Crippen LogP contribution in [-0.2, 0) is 0 Å². The number of nitrogens with one attached hydrogen (secondary N) is 1. The maximum absolute atomic E-state index is 12.8. The van der Waals surface area contributed by atoms with Crippen LogP contribution in [0.15, 0.2) is 77.2 Å². The number of amides is 1. The summed E-state index contributed by atoms with van der Waals surface area (Å²) in [6.45, 7) is 0. The first-order valence-electron chi connectivity index (χ1n) is 8.23. The highest BCUT2D eigenvalue weighted by Crippen LogP contribution is 2.26. The lowest BCUT2D eigenvalue weighted by Gasteiger charge is -2.09. The van der Waals surface area contributed by atoms with Gasteiger partial charge in [-0.15, -0.1) is 11.3 Å². The van der Waals surface area contributed by atoms with E-state index in [1.54, 1.807) is 35.8 Å². The standard InChI is InChI=1S/C21H14ClN3OS/c22-15-9-7-14(8-10-15)20-12-18(17-5-1-2-6-19(17)24-20)21(26)25-23-13-16-4-3-11-27-16/h1-13H,(H,25,26)/b23-13-. The van der Waals surface area contributed by atoms with Gasteiger partial charge in [0.25, 0.3) is 5.91 Å². The number of carbonyl (C=O) groups excluding carboxylic acids is 1. The fraction of sp³-hybridized carbons (Fsp3) is 0. The highest BCUT2D eigenvalue weighted by molar-refractivity contribution is 7.11. The maximum Gasteiger partial charge on any atom is 0.272 e. The number of pyridine rings is 1. The molecule has 0 aliphatic heterocycles. The summed E-state index contributed by atoms with van der Waals surface area (Å²) >= 11 is 7.53. The Morgan fingerprint density at radius 2 is 1.89 bits per heavy atom. The van der Waals surface area contributed by atoms with E-state index in [9.17, 15) is 4.79 Å². The van der Waals surface area contributed by atoms with Gasteiger partial charge in [-0.25, -0.2) is 10.4 Å². The largest absolute Gasteiger partial charge is 0.272 e. The van der Waals surface area contributed by atoms with Crippen molar-refractivity contribution in [2.45, 2.75) is 0 Å². The Hall–Kier alpha value is -3.02. The fourth-order valence-electron chi connectivity index (χ4n) is 2.71. The zero-order chi connectivity index (χ0) is 18.6. The molecule has 0 spiro atoms. The molecular formula is C21H14ClN3OS. The zero-order valence-electron chi connectivity index (χ0n) is 14.1. The molecule has 0 saturated carbocycles. The summed E-state index contributed by atoms with van der Waals surface area (Å²) in [6, 6.07) is 20.6. The molecule has 0 aliphatic carbocycles. The van der Waals surface area contributed by atoms with E-state index >= 15 is 0 Å². The smallest absolute Gasteiger partial charge is 0.267 e. The molecule has 0 fully saturated rings. The Labute approximate surface area is 165 Å². The van der Waals surface area contributed by atoms with E-state index in [-0.39, 0.29) is 5.91 Å². The van der Waals surface area contributed by atoms with Gasteiger partial charge in [-0.05, 0) is 35.7 Å². The summed E-state index contributed by atoms with van der Waals surface area (Å²) in [5.74, 6) is -0.281. The van der Waals surface area contributed by atoms with Crippen LogP contribution in [0, 0.1) is 0 Å². The molecule has 1 amide bonds. The van der Waals surface area contributed by atoms with Crippen molar-refractivity contribution in [2.75, 3.05) is 0 Å². The molecule has 0 radical (unpaired) electrons. The number of aromatic nitrogens is 1. The van der Waals surface area contributed by atoms with Gasteiger partial charge < -0.3 is 0 Å². The molecule has 132 valence electrons. The maximum atomic E-state index is 12.8. The zero-order valence-corrected chi connectivity index (χ0v) is 15.7. The molecule has 4 aromatic rings. The first-order valence-corrected chi connectivity index (χ1v) is 9.49. The van der Waals surface area contributed by atoms with Gasteiger partial charge in [0.15, 0.2) is 0 Å². The number of hydrogen-bond acceptors (Lipinski definition) is 4. The van der Waals surface area contributed by atoms with E-state index in [1.807, 2.05) is 53.9 Å². The molecule has 0 saturated heterocycles. The molecule has 6 heteroatoms. The topological polar surface area (TPSA) is 54.4 Å². The lowest BCUT2D eigenvalue weighted by Crippen LogP contribution is -2.18. The molecule has 0 bridgehead atoms. The number of fused-ring (bicyclic) bond motifs is 1. The Morgan fingerprint density at radius 1 is 1.07 bits per heavy atom. The van der Waals surface area contributed by atoms with Crippen LogP contribution in [0.3, 0.4) is 0 Å². The Bertz CT molecular complexity index is 1120. The van der Waals surface area contributed by atoms with Crippen LogP contribution >= 0.6 is 22.9 Å². The van der Waals surface area contributed by atoms with Crippen molar-refractivity contribution in [3.8, 4) is 11.3 Å². The minimum absolute atomic E-state index is 0.281. The van der Waals surface area contributed by atoms with E-state index in [2.05, 4.69) is 15.5 Å². The highest BCUT2D eigenvalue weighted by atomic mass is 35.5. The lowest BCUT2D eigenvalue weighted by molar-refractivity contribution is 0.0957. The van der Waals surface area contributed by atoms with Gasteiger partial charge in [-0.2, -0.15) is 5.10 Å². The van der Waals surface area contributed by atoms with Crippen LogP contribution in [0.4, 0.5) is 0 Å². The average molecular weight is 392 g/mol. The molecule has 0 atom stereocenters. The number of nitrogens with zero attached hydrogens (tertiary/aromatic N) is 2. The molecule has 4 nitrogen and oxygen atoms in total. The van der Waals surface area contributed by atoms with E-state index < -0.39 is 0 Å². The van der Waals surface area contributed by atoms with Crippen LogP contribution in [-0.4, -0.2) is 17.1 Å².